The molecule has 3 aromatic rings. The van der Waals surface area contributed by atoms with Crippen LogP contribution >= 0.6 is 0 Å². The Morgan fingerprint density at radius 3 is 2.43 bits per heavy atom. The Balaban J connectivity index is 1.73. The molecule has 0 saturated heterocycles. The molecule has 0 spiro atoms. The van der Waals surface area contributed by atoms with Gasteiger partial charge in [-0.15, -0.1) is 0 Å². The third-order valence-corrected chi connectivity index (χ3v) is 4.39. The van der Waals surface area contributed by atoms with Crippen molar-refractivity contribution in [3.8, 4) is 0 Å². The van der Waals surface area contributed by atoms with Crippen LogP contribution < -0.4 is 0 Å². The smallest absolute Gasteiger partial charge is 0.0733 e. The molecule has 1 heteroatoms. The molecular formula is C22H19N. The summed E-state index contributed by atoms with van der Waals surface area (Å²) in [6.07, 6.45) is 8.74. The second-order valence-electron chi connectivity index (χ2n) is 5.90. The van der Waals surface area contributed by atoms with Gasteiger partial charge >= 0.3 is 0 Å². The van der Waals surface area contributed by atoms with E-state index in [-0.39, 0.29) is 6.04 Å². The largest absolute Gasteiger partial charge is 0.363 e. The molecule has 4 rings (SSSR count). The van der Waals surface area contributed by atoms with Crippen molar-refractivity contribution in [2.45, 2.75) is 12.6 Å². The summed E-state index contributed by atoms with van der Waals surface area (Å²) in [6.45, 7) is 0.912. The normalized spacial score (nSPS) is 16.9. The highest BCUT2D eigenvalue weighted by molar-refractivity contribution is 5.86. The summed E-state index contributed by atoms with van der Waals surface area (Å²) in [7, 11) is 0. The molecule has 1 nitrogen and oxygen atoms in total. The van der Waals surface area contributed by atoms with Crippen molar-refractivity contribution in [1.29, 1.82) is 0 Å². The summed E-state index contributed by atoms with van der Waals surface area (Å²) in [6, 6.07) is 26.1. The topological polar surface area (TPSA) is 3.24 Å². The van der Waals surface area contributed by atoms with Gasteiger partial charge in [0.1, 0.15) is 0 Å². The van der Waals surface area contributed by atoms with Gasteiger partial charge in [0.05, 0.1) is 6.04 Å². The predicted molar refractivity (Wildman–Crippen MR) is 97.0 cm³/mol. The molecule has 0 aromatic heterocycles. The molecule has 1 atom stereocenters. The van der Waals surface area contributed by atoms with Gasteiger partial charge in [0.25, 0.3) is 0 Å². The van der Waals surface area contributed by atoms with E-state index in [0.29, 0.717) is 0 Å². The number of nitrogens with zero attached hydrogens (tertiary/aromatic N) is 1. The van der Waals surface area contributed by atoms with Crippen LogP contribution in [-0.2, 0) is 6.54 Å². The Hall–Kier alpha value is -2.80. The highest BCUT2D eigenvalue weighted by atomic mass is 15.1. The molecule has 3 aromatic carbocycles. The van der Waals surface area contributed by atoms with Gasteiger partial charge in [-0.2, -0.15) is 0 Å². The van der Waals surface area contributed by atoms with Crippen molar-refractivity contribution in [2.75, 3.05) is 0 Å². The van der Waals surface area contributed by atoms with Gasteiger partial charge in [-0.25, -0.2) is 0 Å². The zero-order chi connectivity index (χ0) is 15.5. The van der Waals surface area contributed by atoms with Crippen LogP contribution in [0.4, 0.5) is 0 Å². The quantitative estimate of drug-likeness (QED) is 0.620. The number of allylic oxidation sites excluding steroid dienone is 2. The molecule has 1 aliphatic rings. The lowest BCUT2D eigenvalue weighted by Crippen LogP contribution is -2.23. The third kappa shape index (κ3) is 2.78. The standard InChI is InChI=1S/C22H19N/c1-2-9-18(10-3-1)17-23-16-7-6-15-22(23)21-14-8-12-19-11-4-5-13-20(19)21/h1-16,22H,17H2. The van der Waals surface area contributed by atoms with E-state index in [4.69, 9.17) is 0 Å². The van der Waals surface area contributed by atoms with Gasteiger partial charge in [0.15, 0.2) is 0 Å². The lowest BCUT2D eigenvalue weighted by atomic mass is 9.96. The van der Waals surface area contributed by atoms with Gasteiger partial charge in [0.2, 0.25) is 0 Å². The number of rotatable bonds is 3. The first-order valence-corrected chi connectivity index (χ1v) is 8.04. The van der Waals surface area contributed by atoms with Crippen molar-refractivity contribution in [3.05, 3.63) is 108 Å². The van der Waals surface area contributed by atoms with Crippen molar-refractivity contribution in [1.82, 2.24) is 4.90 Å². The van der Waals surface area contributed by atoms with Gasteiger partial charge in [-0.05, 0) is 28.0 Å². The van der Waals surface area contributed by atoms with Crippen molar-refractivity contribution < 1.29 is 0 Å². The summed E-state index contributed by atoms with van der Waals surface area (Å²) >= 11 is 0. The fraction of sp³-hybridized carbons (Fsp3) is 0.0909. The fourth-order valence-corrected chi connectivity index (χ4v) is 3.27. The van der Waals surface area contributed by atoms with E-state index in [1.165, 1.54) is 21.9 Å². The summed E-state index contributed by atoms with van der Waals surface area (Å²) in [4.78, 5) is 2.40. The van der Waals surface area contributed by atoms with Crippen LogP contribution in [0, 0.1) is 0 Å². The second kappa shape index (κ2) is 6.13. The van der Waals surface area contributed by atoms with Gasteiger partial charge in [-0.3, -0.25) is 0 Å². The minimum Gasteiger partial charge on any atom is -0.363 e. The lowest BCUT2D eigenvalue weighted by Gasteiger charge is -2.31. The summed E-state index contributed by atoms with van der Waals surface area (Å²) in [5.41, 5.74) is 2.69. The first-order chi connectivity index (χ1) is 11.4. The van der Waals surface area contributed by atoms with Crippen LogP contribution in [0.25, 0.3) is 10.8 Å². The Morgan fingerprint density at radius 2 is 1.52 bits per heavy atom. The molecule has 0 amide bonds. The molecule has 1 aliphatic heterocycles. The second-order valence-corrected chi connectivity index (χ2v) is 5.90. The first-order valence-electron chi connectivity index (χ1n) is 8.04. The Bertz CT molecular complexity index is 856. The van der Waals surface area contributed by atoms with E-state index >= 15 is 0 Å². The zero-order valence-electron chi connectivity index (χ0n) is 13.0. The highest BCUT2D eigenvalue weighted by Gasteiger charge is 2.18. The third-order valence-electron chi connectivity index (χ3n) is 4.39. The SMILES string of the molecule is C1=CC(c2cccc3ccccc23)N(Cc2ccccc2)C=C1. The van der Waals surface area contributed by atoms with Gasteiger partial charge < -0.3 is 4.90 Å². The minimum atomic E-state index is 0.270. The van der Waals surface area contributed by atoms with Crippen molar-refractivity contribution in [2.24, 2.45) is 0 Å². The molecule has 0 fully saturated rings. The van der Waals surface area contributed by atoms with E-state index in [1.807, 2.05) is 0 Å². The van der Waals surface area contributed by atoms with Crippen LogP contribution in [0.15, 0.2) is 97.2 Å². The van der Waals surface area contributed by atoms with E-state index in [1.54, 1.807) is 0 Å². The molecule has 0 bridgehead atoms. The average Bonchev–Trinajstić information content (AvgIpc) is 2.63. The average molecular weight is 297 g/mol. The molecule has 112 valence electrons. The molecule has 0 saturated carbocycles. The van der Waals surface area contributed by atoms with Crippen molar-refractivity contribution >= 4 is 10.8 Å². The highest BCUT2D eigenvalue weighted by Crippen LogP contribution is 2.32. The minimum absolute atomic E-state index is 0.270. The molecule has 1 heterocycles. The van der Waals surface area contributed by atoms with Crippen LogP contribution in [0.1, 0.15) is 17.2 Å². The molecule has 0 radical (unpaired) electrons. The van der Waals surface area contributed by atoms with E-state index in [2.05, 4.69) is 102 Å². The van der Waals surface area contributed by atoms with Crippen LogP contribution in [0.2, 0.25) is 0 Å². The molecule has 0 N–H and O–H groups in total. The van der Waals surface area contributed by atoms with Crippen LogP contribution in [-0.4, -0.2) is 4.90 Å². The molecular weight excluding hydrogens is 278 g/mol. The zero-order valence-corrected chi connectivity index (χ0v) is 13.0. The number of hydrogen-bond donors (Lipinski definition) is 0. The van der Waals surface area contributed by atoms with Crippen molar-refractivity contribution in [3.63, 3.8) is 0 Å². The number of benzene rings is 3. The molecule has 23 heavy (non-hydrogen) atoms. The predicted octanol–water partition coefficient (Wildman–Crippen LogP) is 5.47. The number of hydrogen-bond acceptors (Lipinski definition) is 1. The summed E-state index contributed by atoms with van der Waals surface area (Å²) in [5, 5.41) is 2.63. The molecule has 0 aliphatic carbocycles. The summed E-state index contributed by atoms with van der Waals surface area (Å²) in [5.74, 6) is 0. The number of fused-ring (bicyclic) bond motifs is 1. The van der Waals surface area contributed by atoms with E-state index in [0.717, 1.165) is 6.54 Å². The van der Waals surface area contributed by atoms with Crippen LogP contribution in [0.3, 0.4) is 0 Å². The maximum atomic E-state index is 2.40. The van der Waals surface area contributed by atoms with Gasteiger partial charge in [0, 0.05) is 12.7 Å². The molecule has 1 unspecified atom stereocenters. The van der Waals surface area contributed by atoms with Crippen LogP contribution in [0.5, 0.6) is 0 Å². The Labute approximate surface area is 137 Å². The lowest BCUT2D eigenvalue weighted by molar-refractivity contribution is 0.314. The fourth-order valence-electron chi connectivity index (χ4n) is 3.27. The van der Waals surface area contributed by atoms with Gasteiger partial charge in [-0.1, -0.05) is 84.9 Å². The Morgan fingerprint density at radius 1 is 0.739 bits per heavy atom. The Kier molecular flexibility index (Phi) is 3.69. The maximum absolute atomic E-state index is 2.40. The monoisotopic (exact) mass is 297 g/mol. The maximum Gasteiger partial charge on any atom is 0.0733 e. The first kappa shape index (κ1) is 13.8. The summed E-state index contributed by atoms with van der Waals surface area (Å²) < 4.78 is 0. The van der Waals surface area contributed by atoms with E-state index < -0.39 is 0 Å². The van der Waals surface area contributed by atoms with E-state index in [9.17, 15) is 0 Å².